The summed E-state index contributed by atoms with van der Waals surface area (Å²) in [6.07, 6.45) is 2.66. The molecule has 1 aliphatic carbocycles. The van der Waals surface area contributed by atoms with E-state index < -0.39 is 12.0 Å². The molecule has 1 fully saturated rings. The molecular formula is C12H21NO4. The predicted octanol–water partition coefficient (Wildman–Crippen LogP) is 1.27. The van der Waals surface area contributed by atoms with Gasteiger partial charge in [0, 0.05) is 6.04 Å². The van der Waals surface area contributed by atoms with Gasteiger partial charge in [-0.05, 0) is 33.1 Å². The summed E-state index contributed by atoms with van der Waals surface area (Å²) in [6.45, 7) is 5.40. The smallest absolute Gasteiger partial charge is 0.326 e. The maximum Gasteiger partial charge on any atom is 0.326 e. The maximum absolute atomic E-state index is 11.9. The largest absolute Gasteiger partial charge is 0.480 e. The van der Waals surface area contributed by atoms with Gasteiger partial charge in [-0.3, -0.25) is 4.79 Å². The normalized spacial score (nSPS) is 18.5. The molecule has 1 amide bonds. The van der Waals surface area contributed by atoms with E-state index in [1.165, 1.54) is 4.90 Å². The molecule has 1 saturated carbocycles. The number of ether oxygens (including phenoxy) is 1. The number of carbonyl (C=O) groups is 2. The molecule has 0 saturated heterocycles. The molecule has 2 unspecified atom stereocenters. The summed E-state index contributed by atoms with van der Waals surface area (Å²) >= 11 is 0. The molecule has 1 N–H and O–H groups in total. The molecule has 0 heterocycles. The van der Waals surface area contributed by atoms with Crippen molar-refractivity contribution in [3.63, 3.8) is 0 Å². The van der Waals surface area contributed by atoms with Crippen molar-refractivity contribution in [2.45, 2.75) is 58.2 Å². The van der Waals surface area contributed by atoms with Crippen molar-refractivity contribution in [3.05, 3.63) is 0 Å². The van der Waals surface area contributed by atoms with Crippen molar-refractivity contribution in [2.75, 3.05) is 6.61 Å². The van der Waals surface area contributed by atoms with Crippen LogP contribution < -0.4 is 0 Å². The van der Waals surface area contributed by atoms with Crippen LogP contribution in [0.3, 0.4) is 0 Å². The van der Waals surface area contributed by atoms with Gasteiger partial charge in [-0.25, -0.2) is 4.79 Å². The second-order valence-electron chi connectivity index (χ2n) is 4.58. The first-order valence-electron chi connectivity index (χ1n) is 6.13. The van der Waals surface area contributed by atoms with Gasteiger partial charge in [-0.2, -0.15) is 0 Å². The van der Waals surface area contributed by atoms with E-state index in [4.69, 9.17) is 9.84 Å². The highest BCUT2D eigenvalue weighted by molar-refractivity contribution is 5.84. The van der Waals surface area contributed by atoms with E-state index in [9.17, 15) is 9.59 Å². The van der Waals surface area contributed by atoms with Crippen molar-refractivity contribution in [1.82, 2.24) is 4.90 Å². The van der Waals surface area contributed by atoms with Gasteiger partial charge in [-0.1, -0.05) is 6.92 Å². The number of amides is 1. The van der Waals surface area contributed by atoms with Crippen molar-refractivity contribution in [3.8, 4) is 0 Å². The Morgan fingerprint density at radius 1 is 1.41 bits per heavy atom. The minimum absolute atomic E-state index is 0.0247. The van der Waals surface area contributed by atoms with Crippen molar-refractivity contribution in [1.29, 1.82) is 0 Å². The fourth-order valence-corrected chi connectivity index (χ4v) is 1.61. The average Bonchev–Trinajstić information content (AvgIpc) is 3.10. The van der Waals surface area contributed by atoms with Gasteiger partial charge < -0.3 is 14.7 Å². The van der Waals surface area contributed by atoms with Gasteiger partial charge in [0.05, 0.1) is 6.10 Å². The number of hydrogen-bond donors (Lipinski definition) is 1. The van der Waals surface area contributed by atoms with Gasteiger partial charge in [0.1, 0.15) is 12.6 Å². The van der Waals surface area contributed by atoms with E-state index in [1.54, 1.807) is 6.92 Å². The lowest BCUT2D eigenvalue weighted by Crippen LogP contribution is -2.46. The van der Waals surface area contributed by atoms with E-state index in [-0.39, 0.29) is 24.7 Å². The summed E-state index contributed by atoms with van der Waals surface area (Å²) < 4.78 is 5.36. The molecule has 1 aliphatic rings. The fraction of sp³-hybridized carbons (Fsp3) is 0.833. The van der Waals surface area contributed by atoms with E-state index in [1.807, 2.05) is 13.8 Å². The third kappa shape index (κ3) is 4.00. The van der Waals surface area contributed by atoms with Crippen LogP contribution in [0.4, 0.5) is 0 Å². The van der Waals surface area contributed by atoms with E-state index in [2.05, 4.69) is 0 Å². The van der Waals surface area contributed by atoms with Crippen LogP contribution in [0.1, 0.15) is 40.0 Å². The first kappa shape index (κ1) is 14.0. The van der Waals surface area contributed by atoms with Gasteiger partial charge in [0.15, 0.2) is 0 Å². The van der Waals surface area contributed by atoms with Crippen LogP contribution in [0.25, 0.3) is 0 Å². The first-order valence-corrected chi connectivity index (χ1v) is 6.13. The van der Waals surface area contributed by atoms with Gasteiger partial charge in [0.25, 0.3) is 0 Å². The molecule has 1 rings (SSSR count). The van der Waals surface area contributed by atoms with Crippen LogP contribution in [-0.4, -0.2) is 46.7 Å². The van der Waals surface area contributed by atoms with Crippen LogP contribution in [0.15, 0.2) is 0 Å². The zero-order chi connectivity index (χ0) is 13.0. The lowest BCUT2D eigenvalue weighted by molar-refractivity contribution is -0.152. The van der Waals surface area contributed by atoms with Crippen LogP contribution in [0.2, 0.25) is 0 Å². The number of rotatable bonds is 7. The Bertz CT molecular complexity index is 288. The quantitative estimate of drug-likeness (QED) is 0.731. The highest BCUT2D eigenvalue weighted by atomic mass is 16.5. The number of carboxylic acids is 1. The summed E-state index contributed by atoms with van der Waals surface area (Å²) in [4.78, 5) is 24.3. The van der Waals surface area contributed by atoms with E-state index >= 15 is 0 Å². The summed E-state index contributed by atoms with van der Waals surface area (Å²) in [5.41, 5.74) is 0. The lowest BCUT2D eigenvalue weighted by atomic mass is 10.2. The molecule has 98 valence electrons. The number of aliphatic carboxylic acids is 1. The standard InChI is InChI=1S/C12H21NO4/c1-4-8(2)17-7-11(14)13(10-5-6-10)9(3)12(15)16/h8-10H,4-7H2,1-3H3,(H,15,16). The highest BCUT2D eigenvalue weighted by Gasteiger charge is 2.38. The topological polar surface area (TPSA) is 66.8 Å². The third-order valence-corrected chi connectivity index (χ3v) is 3.07. The number of carbonyl (C=O) groups excluding carboxylic acids is 1. The van der Waals surface area contributed by atoms with Crippen molar-refractivity contribution in [2.24, 2.45) is 0 Å². The third-order valence-electron chi connectivity index (χ3n) is 3.07. The summed E-state index contributed by atoms with van der Waals surface area (Å²) in [6, 6.07) is -0.676. The molecule has 0 aromatic rings. The summed E-state index contributed by atoms with van der Waals surface area (Å²) in [5.74, 6) is -1.18. The second-order valence-corrected chi connectivity index (χ2v) is 4.58. The van der Waals surface area contributed by atoms with E-state index in [0.717, 1.165) is 19.3 Å². The Labute approximate surface area is 102 Å². The predicted molar refractivity (Wildman–Crippen MR) is 62.7 cm³/mol. The zero-order valence-electron chi connectivity index (χ0n) is 10.7. The number of nitrogens with zero attached hydrogens (tertiary/aromatic N) is 1. The maximum atomic E-state index is 11.9. The fourth-order valence-electron chi connectivity index (χ4n) is 1.61. The van der Waals surface area contributed by atoms with Crippen molar-refractivity contribution >= 4 is 11.9 Å². The molecule has 2 atom stereocenters. The Balaban J connectivity index is 2.52. The number of hydrogen-bond acceptors (Lipinski definition) is 3. The highest BCUT2D eigenvalue weighted by Crippen LogP contribution is 2.28. The van der Waals surface area contributed by atoms with Crippen LogP contribution >= 0.6 is 0 Å². The molecule has 0 aromatic carbocycles. The zero-order valence-corrected chi connectivity index (χ0v) is 10.7. The molecule has 0 aromatic heterocycles. The minimum Gasteiger partial charge on any atom is -0.480 e. The second kappa shape index (κ2) is 6.00. The van der Waals surface area contributed by atoms with Crippen LogP contribution in [0, 0.1) is 0 Å². The van der Waals surface area contributed by atoms with Gasteiger partial charge in [-0.15, -0.1) is 0 Å². The molecule has 0 aliphatic heterocycles. The summed E-state index contributed by atoms with van der Waals surface area (Å²) in [5, 5.41) is 8.97. The lowest BCUT2D eigenvalue weighted by Gasteiger charge is -2.26. The minimum atomic E-state index is -0.964. The number of carboxylic acid groups (broad SMARTS) is 1. The van der Waals surface area contributed by atoms with Crippen molar-refractivity contribution < 1.29 is 19.4 Å². The Hall–Kier alpha value is -1.10. The SMILES string of the molecule is CCC(C)OCC(=O)N(C1CC1)C(C)C(=O)O. The molecule has 5 nitrogen and oxygen atoms in total. The molecule has 0 radical (unpaired) electrons. The Kier molecular flexibility index (Phi) is 4.93. The van der Waals surface area contributed by atoms with Gasteiger partial charge >= 0.3 is 5.97 Å². The first-order chi connectivity index (χ1) is 7.97. The molecule has 5 heteroatoms. The Morgan fingerprint density at radius 2 is 2.00 bits per heavy atom. The average molecular weight is 243 g/mol. The molecular weight excluding hydrogens is 222 g/mol. The Morgan fingerprint density at radius 3 is 2.41 bits per heavy atom. The van der Waals surface area contributed by atoms with E-state index in [0.29, 0.717) is 0 Å². The monoisotopic (exact) mass is 243 g/mol. The molecule has 0 bridgehead atoms. The molecule has 0 spiro atoms. The summed E-state index contributed by atoms with van der Waals surface area (Å²) in [7, 11) is 0. The van der Waals surface area contributed by atoms with Crippen LogP contribution in [0.5, 0.6) is 0 Å². The van der Waals surface area contributed by atoms with Crippen LogP contribution in [-0.2, 0) is 14.3 Å². The molecule has 17 heavy (non-hydrogen) atoms. The van der Waals surface area contributed by atoms with Gasteiger partial charge in [0.2, 0.25) is 5.91 Å².